The first-order chi connectivity index (χ1) is 8.08. The molecule has 0 radical (unpaired) electrons. The first kappa shape index (κ1) is 12.0. The van der Waals surface area contributed by atoms with Gasteiger partial charge in [0.25, 0.3) is 0 Å². The van der Waals surface area contributed by atoms with Gasteiger partial charge in [-0.05, 0) is 26.0 Å². The standard InChI is InChI=1S/C12H15N3OS/c1-7(11(13)16)14-8(2)12-15-9-5-3-4-6-10(9)17-12/h3-8,14H,1-2H3,(H2,13,16). The molecule has 0 aliphatic rings. The maximum absolute atomic E-state index is 11.0. The summed E-state index contributed by atoms with van der Waals surface area (Å²) in [5.41, 5.74) is 6.21. The van der Waals surface area contributed by atoms with Crippen LogP contribution in [0.5, 0.6) is 0 Å². The summed E-state index contributed by atoms with van der Waals surface area (Å²) in [5.74, 6) is -0.349. The zero-order valence-electron chi connectivity index (χ0n) is 9.81. The van der Waals surface area contributed by atoms with Gasteiger partial charge in [-0.15, -0.1) is 11.3 Å². The minimum atomic E-state index is -0.350. The molecule has 0 fully saturated rings. The number of nitrogens with zero attached hydrogens (tertiary/aromatic N) is 1. The number of primary amides is 1. The van der Waals surface area contributed by atoms with Gasteiger partial charge in [0.2, 0.25) is 5.91 Å². The van der Waals surface area contributed by atoms with Crippen LogP contribution in [0.2, 0.25) is 0 Å². The number of para-hydroxylation sites is 1. The van der Waals surface area contributed by atoms with E-state index in [0.29, 0.717) is 0 Å². The smallest absolute Gasteiger partial charge is 0.234 e. The summed E-state index contributed by atoms with van der Waals surface area (Å²) in [6.07, 6.45) is 0. The van der Waals surface area contributed by atoms with Gasteiger partial charge in [0, 0.05) is 0 Å². The predicted molar refractivity (Wildman–Crippen MR) is 69.8 cm³/mol. The Morgan fingerprint density at radius 1 is 1.41 bits per heavy atom. The Bertz CT molecular complexity index is 504. The zero-order chi connectivity index (χ0) is 12.4. The van der Waals surface area contributed by atoms with E-state index in [1.807, 2.05) is 31.2 Å². The monoisotopic (exact) mass is 249 g/mol. The number of carbonyl (C=O) groups excluding carboxylic acids is 1. The van der Waals surface area contributed by atoms with Gasteiger partial charge in [-0.25, -0.2) is 4.98 Å². The van der Waals surface area contributed by atoms with Gasteiger partial charge in [-0.2, -0.15) is 0 Å². The van der Waals surface area contributed by atoms with Crippen molar-refractivity contribution in [3.63, 3.8) is 0 Å². The van der Waals surface area contributed by atoms with E-state index in [0.717, 1.165) is 15.2 Å². The predicted octanol–water partition coefficient (Wildman–Crippen LogP) is 1.82. The van der Waals surface area contributed by atoms with E-state index in [2.05, 4.69) is 10.3 Å². The summed E-state index contributed by atoms with van der Waals surface area (Å²) >= 11 is 1.63. The Morgan fingerprint density at radius 2 is 2.12 bits per heavy atom. The Kier molecular flexibility index (Phi) is 3.40. The number of amides is 1. The molecule has 1 heterocycles. The minimum absolute atomic E-state index is 0.0231. The molecule has 0 aliphatic carbocycles. The fourth-order valence-electron chi connectivity index (χ4n) is 1.60. The quantitative estimate of drug-likeness (QED) is 0.868. The number of nitrogens with two attached hydrogens (primary N) is 1. The van der Waals surface area contributed by atoms with Crippen molar-refractivity contribution in [2.75, 3.05) is 0 Å². The second kappa shape index (κ2) is 4.81. The summed E-state index contributed by atoms with van der Waals surface area (Å²) < 4.78 is 1.16. The molecule has 0 saturated heterocycles. The summed E-state index contributed by atoms with van der Waals surface area (Å²) in [6.45, 7) is 3.74. The van der Waals surface area contributed by atoms with E-state index in [-0.39, 0.29) is 18.0 Å². The molecule has 2 aromatic rings. The first-order valence-corrected chi connectivity index (χ1v) is 6.30. The van der Waals surface area contributed by atoms with Crippen LogP contribution in [0, 0.1) is 0 Å². The van der Waals surface area contributed by atoms with E-state index in [1.54, 1.807) is 18.3 Å². The summed E-state index contributed by atoms with van der Waals surface area (Å²) in [4.78, 5) is 15.5. The van der Waals surface area contributed by atoms with Gasteiger partial charge in [-0.3, -0.25) is 10.1 Å². The second-order valence-corrected chi connectivity index (χ2v) is 5.09. The van der Waals surface area contributed by atoms with Crippen LogP contribution in [0.3, 0.4) is 0 Å². The normalized spacial score (nSPS) is 14.7. The van der Waals surface area contributed by atoms with Crippen molar-refractivity contribution < 1.29 is 4.79 Å². The number of rotatable bonds is 4. The molecule has 0 spiro atoms. The van der Waals surface area contributed by atoms with Crippen LogP contribution < -0.4 is 11.1 Å². The lowest BCUT2D eigenvalue weighted by Gasteiger charge is -2.15. The molecular weight excluding hydrogens is 234 g/mol. The molecule has 17 heavy (non-hydrogen) atoms. The molecule has 1 aromatic heterocycles. The van der Waals surface area contributed by atoms with Gasteiger partial charge in [0.1, 0.15) is 5.01 Å². The van der Waals surface area contributed by atoms with E-state index in [9.17, 15) is 4.79 Å². The highest BCUT2D eigenvalue weighted by atomic mass is 32.1. The average molecular weight is 249 g/mol. The number of aromatic nitrogens is 1. The fourth-order valence-corrected chi connectivity index (χ4v) is 2.58. The van der Waals surface area contributed by atoms with Gasteiger partial charge in [-0.1, -0.05) is 12.1 Å². The van der Waals surface area contributed by atoms with Crippen LogP contribution in [0.1, 0.15) is 24.9 Å². The topological polar surface area (TPSA) is 68.0 Å². The maximum atomic E-state index is 11.0. The van der Waals surface area contributed by atoms with Crippen molar-refractivity contribution in [1.82, 2.24) is 10.3 Å². The number of nitrogens with one attached hydrogen (secondary N) is 1. The maximum Gasteiger partial charge on any atom is 0.234 e. The Morgan fingerprint density at radius 3 is 2.76 bits per heavy atom. The summed E-state index contributed by atoms with van der Waals surface area (Å²) in [6, 6.07) is 7.66. The number of hydrogen-bond donors (Lipinski definition) is 2. The highest BCUT2D eigenvalue weighted by molar-refractivity contribution is 7.18. The third kappa shape index (κ3) is 2.62. The fraction of sp³-hybridized carbons (Fsp3) is 0.333. The first-order valence-electron chi connectivity index (χ1n) is 5.49. The molecule has 2 unspecified atom stereocenters. The van der Waals surface area contributed by atoms with Crippen molar-refractivity contribution in [3.05, 3.63) is 29.3 Å². The van der Waals surface area contributed by atoms with Crippen LogP contribution in [-0.2, 0) is 4.79 Å². The third-order valence-corrected chi connectivity index (χ3v) is 3.83. The van der Waals surface area contributed by atoms with Crippen LogP contribution >= 0.6 is 11.3 Å². The molecule has 5 heteroatoms. The van der Waals surface area contributed by atoms with Crippen LogP contribution in [0.4, 0.5) is 0 Å². The van der Waals surface area contributed by atoms with E-state index >= 15 is 0 Å². The number of fused-ring (bicyclic) bond motifs is 1. The van der Waals surface area contributed by atoms with Crippen molar-refractivity contribution in [1.29, 1.82) is 0 Å². The largest absolute Gasteiger partial charge is 0.368 e. The van der Waals surface area contributed by atoms with Crippen LogP contribution in [0.25, 0.3) is 10.2 Å². The lowest BCUT2D eigenvalue weighted by molar-refractivity contribution is -0.119. The third-order valence-electron chi connectivity index (χ3n) is 2.61. The van der Waals surface area contributed by atoms with E-state index in [4.69, 9.17) is 5.73 Å². The molecule has 90 valence electrons. The Balaban J connectivity index is 2.19. The lowest BCUT2D eigenvalue weighted by Crippen LogP contribution is -2.39. The van der Waals surface area contributed by atoms with Gasteiger partial charge in [0.05, 0.1) is 22.3 Å². The van der Waals surface area contributed by atoms with Crippen molar-refractivity contribution in [2.45, 2.75) is 25.9 Å². The molecule has 1 aromatic carbocycles. The number of carbonyl (C=O) groups is 1. The van der Waals surface area contributed by atoms with Crippen molar-refractivity contribution >= 4 is 27.5 Å². The molecule has 3 N–H and O–H groups in total. The molecule has 0 aliphatic heterocycles. The van der Waals surface area contributed by atoms with Crippen molar-refractivity contribution in [2.24, 2.45) is 5.73 Å². The summed E-state index contributed by atoms with van der Waals surface area (Å²) in [5, 5.41) is 4.10. The summed E-state index contributed by atoms with van der Waals surface area (Å²) in [7, 11) is 0. The lowest BCUT2D eigenvalue weighted by atomic mass is 10.2. The minimum Gasteiger partial charge on any atom is -0.368 e. The number of benzene rings is 1. The second-order valence-electron chi connectivity index (χ2n) is 4.03. The average Bonchev–Trinajstić information content (AvgIpc) is 2.72. The van der Waals surface area contributed by atoms with Crippen LogP contribution in [-0.4, -0.2) is 16.9 Å². The van der Waals surface area contributed by atoms with Gasteiger partial charge < -0.3 is 5.73 Å². The van der Waals surface area contributed by atoms with E-state index < -0.39 is 0 Å². The zero-order valence-corrected chi connectivity index (χ0v) is 10.6. The Hall–Kier alpha value is -1.46. The van der Waals surface area contributed by atoms with E-state index in [1.165, 1.54) is 0 Å². The molecular formula is C12H15N3OS. The molecule has 0 saturated carbocycles. The van der Waals surface area contributed by atoms with Gasteiger partial charge in [0.15, 0.2) is 0 Å². The molecule has 0 bridgehead atoms. The Labute approximate surface area is 104 Å². The SMILES string of the molecule is CC(NC(C)c1nc2ccccc2s1)C(N)=O. The molecule has 2 rings (SSSR count). The van der Waals surface area contributed by atoms with Gasteiger partial charge >= 0.3 is 0 Å². The number of thiazole rings is 1. The highest BCUT2D eigenvalue weighted by Crippen LogP contribution is 2.26. The van der Waals surface area contributed by atoms with Crippen LogP contribution in [0.15, 0.2) is 24.3 Å². The highest BCUT2D eigenvalue weighted by Gasteiger charge is 2.16. The van der Waals surface area contributed by atoms with Crippen molar-refractivity contribution in [3.8, 4) is 0 Å². The molecule has 2 atom stereocenters. The molecule has 4 nitrogen and oxygen atoms in total. The molecule has 1 amide bonds. The number of hydrogen-bond acceptors (Lipinski definition) is 4.